The number of aliphatic hydroxyl groups excluding tert-OH is 1. The molecule has 1 aliphatic carbocycles. The number of rotatable bonds is 3. The monoisotopic (exact) mass is 143 g/mol. The quantitative estimate of drug-likeness (QED) is 0.579. The van der Waals surface area contributed by atoms with Gasteiger partial charge in [-0.2, -0.15) is 0 Å². The standard InChI is InChI=1S/C7H13NO2/c1-2-8-6(10)7(5-9)3-4-7/h9H,2-5H2,1H3,(H,8,10). The molecule has 1 amide bonds. The van der Waals surface area contributed by atoms with Gasteiger partial charge in [0.05, 0.1) is 12.0 Å². The third-order valence-electron chi connectivity index (χ3n) is 1.98. The Morgan fingerprint density at radius 3 is 2.60 bits per heavy atom. The maximum Gasteiger partial charge on any atom is 0.228 e. The van der Waals surface area contributed by atoms with E-state index in [2.05, 4.69) is 5.32 Å². The fraction of sp³-hybridized carbons (Fsp3) is 0.857. The Morgan fingerprint density at radius 1 is 1.70 bits per heavy atom. The number of carbonyl (C=O) groups is 1. The van der Waals surface area contributed by atoms with Crippen LogP contribution >= 0.6 is 0 Å². The minimum absolute atomic E-state index is 0.00116. The van der Waals surface area contributed by atoms with Crippen LogP contribution in [0.15, 0.2) is 0 Å². The van der Waals surface area contributed by atoms with Gasteiger partial charge < -0.3 is 10.4 Å². The van der Waals surface area contributed by atoms with Crippen LogP contribution in [0, 0.1) is 5.41 Å². The summed E-state index contributed by atoms with van der Waals surface area (Å²) in [5, 5.41) is 11.5. The molecule has 0 aromatic rings. The fourth-order valence-corrected chi connectivity index (χ4v) is 0.956. The number of hydrogen-bond donors (Lipinski definition) is 2. The van der Waals surface area contributed by atoms with Crippen molar-refractivity contribution in [2.24, 2.45) is 5.41 Å². The lowest BCUT2D eigenvalue weighted by atomic mass is 10.1. The second-order valence-electron chi connectivity index (χ2n) is 2.80. The first kappa shape index (κ1) is 7.54. The Morgan fingerprint density at radius 2 is 2.30 bits per heavy atom. The molecule has 0 heterocycles. The van der Waals surface area contributed by atoms with Gasteiger partial charge in [0.2, 0.25) is 5.91 Å². The highest BCUT2D eigenvalue weighted by molar-refractivity contribution is 5.85. The largest absolute Gasteiger partial charge is 0.395 e. The van der Waals surface area contributed by atoms with Gasteiger partial charge >= 0.3 is 0 Å². The molecule has 0 saturated heterocycles. The van der Waals surface area contributed by atoms with Crippen LogP contribution in [0.2, 0.25) is 0 Å². The topological polar surface area (TPSA) is 49.3 Å². The molecular formula is C7H13NO2. The molecule has 0 aromatic carbocycles. The van der Waals surface area contributed by atoms with Gasteiger partial charge in [-0.3, -0.25) is 4.79 Å². The van der Waals surface area contributed by atoms with Crippen molar-refractivity contribution in [1.29, 1.82) is 0 Å². The number of hydrogen-bond acceptors (Lipinski definition) is 2. The van der Waals surface area contributed by atoms with Crippen molar-refractivity contribution >= 4 is 5.91 Å². The van der Waals surface area contributed by atoms with Gasteiger partial charge in [-0.05, 0) is 19.8 Å². The van der Waals surface area contributed by atoms with Crippen molar-refractivity contribution in [3.63, 3.8) is 0 Å². The minimum atomic E-state index is -0.393. The Labute approximate surface area is 60.4 Å². The molecule has 1 saturated carbocycles. The summed E-state index contributed by atoms with van der Waals surface area (Å²) in [5.41, 5.74) is -0.393. The second-order valence-corrected chi connectivity index (χ2v) is 2.80. The maximum atomic E-state index is 11.1. The van der Waals surface area contributed by atoms with Crippen molar-refractivity contribution < 1.29 is 9.90 Å². The molecule has 3 heteroatoms. The van der Waals surface area contributed by atoms with Crippen molar-refractivity contribution in [2.45, 2.75) is 19.8 Å². The smallest absolute Gasteiger partial charge is 0.228 e. The lowest BCUT2D eigenvalue weighted by molar-refractivity contribution is -0.127. The molecular weight excluding hydrogens is 130 g/mol. The van der Waals surface area contributed by atoms with Crippen LogP contribution < -0.4 is 5.32 Å². The van der Waals surface area contributed by atoms with E-state index in [0.717, 1.165) is 12.8 Å². The first-order valence-electron chi connectivity index (χ1n) is 3.64. The van der Waals surface area contributed by atoms with Crippen LogP contribution in [0.5, 0.6) is 0 Å². The zero-order valence-electron chi connectivity index (χ0n) is 6.18. The van der Waals surface area contributed by atoms with Crippen LogP contribution in [0.3, 0.4) is 0 Å². The van der Waals surface area contributed by atoms with Crippen LogP contribution in [0.4, 0.5) is 0 Å². The first-order chi connectivity index (χ1) is 4.75. The Bertz CT molecular complexity index is 141. The first-order valence-corrected chi connectivity index (χ1v) is 3.64. The van der Waals surface area contributed by atoms with E-state index in [1.807, 2.05) is 6.92 Å². The third kappa shape index (κ3) is 1.14. The Kier molecular flexibility index (Phi) is 1.94. The SMILES string of the molecule is CCNC(=O)C1(CO)CC1. The molecule has 0 aliphatic heterocycles. The minimum Gasteiger partial charge on any atom is -0.395 e. The Balaban J connectivity index is 2.40. The maximum absolute atomic E-state index is 11.1. The van der Waals surface area contributed by atoms with Crippen molar-refractivity contribution in [3.05, 3.63) is 0 Å². The summed E-state index contributed by atoms with van der Waals surface area (Å²) in [6.07, 6.45) is 1.69. The molecule has 1 aliphatic rings. The zero-order chi connectivity index (χ0) is 7.61. The molecule has 10 heavy (non-hydrogen) atoms. The highest BCUT2D eigenvalue weighted by Crippen LogP contribution is 2.45. The average Bonchev–Trinajstić information content (AvgIpc) is 2.68. The molecule has 0 radical (unpaired) electrons. The highest BCUT2D eigenvalue weighted by atomic mass is 16.3. The van der Waals surface area contributed by atoms with Gasteiger partial charge in [-0.1, -0.05) is 0 Å². The lowest BCUT2D eigenvalue weighted by Crippen LogP contribution is -2.33. The lowest BCUT2D eigenvalue weighted by Gasteiger charge is -2.09. The molecule has 0 atom stereocenters. The molecule has 1 fully saturated rings. The molecule has 0 unspecified atom stereocenters. The van der Waals surface area contributed by atoms with Gasteiger partial charge in [0.1, 0.15) is 0 Å². The van der Waals surface area contributed by atoms with Gasteiger partial charge in [0, 0.05) is 6.54 Å². The molecule has 2 N–H and O–H groups in total. The number of carbonyl (C=O) groups excluding carboxylic acids is 1. The number of aliphatic hydroxyl groups is 1. The summed E-state index contributed by atoms with van der Waals surface area (Å²) in [5.74, 6) is 0.0116. The van der Waals surface area contributed by atoms with Crippen molar-refractivity contribution in [3.8, 4) is 0 Å². The van der Waals surface area contributed by atoms with E-state index < -0.39 is 5.41 Å². The zero-order valence-corrected chi connectivity index (χ0v) is 6.18. The highest BCUT2D eigenvalue weighted by Gasteiger charge is 2.48. The fourth-order valence-electron chi connectivity index (χ4n) is 0.956. The summed E-state index contributed by atoms with van der Waals surface area (Å²) in [4.78, 5) is 11.1. The summed E-state index contributed by atoms with van der Waals surface area (Å²) in [6.45, 7) is 2.53. The van der Waals surface area contributed by atoms with E-state index in [9.17, 15) is 4.79 Å². The van der Waals surface area contributed by atoms with Gasteiger partial charge in [-0.15, -0.1) is 0 Å². The van der Waals surface area contributed by atoms with Crippen LogP contribution in [0.1, 0.15) is 19.8 Å². The van der Waals surface area contributed by atoms with Gasteiger partial charge in [0.15, 0.2) is 0 Å². The van der Waals surface area contributed by atoms with E-state index in [1.54, 1.807) is 0 Å². The molecule has 0 aromatic heterocycles. The van der Waals surface area contributed by atoms with Gasteiger partial charge in [0.25, 0.3) is 0 Å². The number of nitrogens with one attached hydrogen (secondary N) is 1. The van der Waals surface area contributed by atoms with E-state index in [4.69, 9.17) is 5.11 Å². The third-order valence-corrected chi connectivity index (χ3v) is 1.98. The average molecular weight is 143 g/mol. The van der Waals surface area contributed by atoms with Gasteiger partial charge in [-0.25, -0.2) is 0 Å². The van der Waals surface area contributed by atoms with Crippen LogP contribution in [0.25, 0.3) is 0 Å². The van der Waals surface area contributed by atoms with E-state index in [0.29, 0.717) is 6.54 Å². The Hall–Kier alpha value is -0.570. The molecule has 0 bridgehead atoms. The summed E-state index contributed by atoms with van der Waals surface area (Å²) < 4.78 is 0. The van der Waals surface area contributed by atoms with Crippen molar-refractivity contribution in [1.82, 2.24) is 5.32 Å². The van der Waals surface area contributed by atoms with E-state index in [1.165, 1.54) is 0 Å². The van der Waals surface area contributed by atoms with Crippen molar-refractivity contribution in [2.75, 3.05) is 13.2 Å². The normalized spacial score (nSPS) is 20.2. The molecule has 58 valence electrons. The van der Waals surface area contributed by atoms with E-state index >= 15 is 0 Å². The summed E-state index contributed by atoms with van der Waals surface area (Å²) >= 11 is 0. The van der Waals surface area contributed by atoms with Crippen LogP contribution in [-0.4, -0.2) is 24.2 Å². The summed E-state index contributed by atoms with van der Waals surface area (Å²) in [7, 11) is 0. The summed E-state index contributed by atoms with van der Waals surface area (Å²) in [6, 6.07) is 0. The predicted octanol–water partition coefficient (Wildman–Crippen LogP) is -0.105. The molecule has 3 nitrogen and oxygen atoms in total. The molecule has 0 spiro atoms. The predicted molar refractivity (Wildman–Crippen MR) is 37.4 cm³/mol. The van der Waals surface area contributed by atoms with Crippen LogP contribution in [-0.2, 0) is 4.79 Å². The molecule has 1 rings (SSSR count). The second kappa shape index (κ2) is 2.58. The number of amides is 1. The van der Waals surface area contributed by atoms with E-state index in [-0.39, 0.29) is 12.5 Å².